The molecule has 0 aromatic heterocycles. The van der Waals surface area contributed by atoms with E-state index in [9.17, 15) is 0 Å². The summed E-state index contributed by atoms with van der Waals surface area (Å²) in [5.41, 5.74) is 0. The van der Waals surface area contributed by atoms with Gasteiger partial charge in [-0.3, -0.25) is 0 Å². The molecule has 0 aliphatic heterocycles. The van der Waals surface area contributed by atoms with Crippen molar-refractivity contribution in [2.24, 2.45) is 5.92 Å². The van der Waals surface area contributed by atoms with Gasteiger partial charge in [-0.1, -0.05) is 78.1 Å². The molecule has 0 aromatic rings. The first-order valence-electron chi connectivity index (χ1n) is 9.10. The molecule has 1 fully saturated rings. The van der Waals surface area contributed by atoms with Crippen LogP contribution in [0.25, 0.3) is 0 Å². The zero-order valence-electron chi connectivity index (χ0n) is 13.6. The summed E-state index contributed by atoms with van der Waals surface area (Å²) in [4.78, 5) is 0. The van der Waals surface area contributed by atoms with Gasteiger partial charge in [0.2, 0.25) is 0 Å². The summed E-state index contributed by atoms with van der Waals surface area (Å²) in [6.07, 6.45) is 18.7. The van der Waals surface area contributed by atoms with Crippen LogP contribution in [0.15, 0.2) is 0 Å². The van der Waals surface area contributed by atoms with Crippen molar-refractivity contribution in [3.8, 4) is 0 Å². The molecule has 1 atom stereocenters. The summed E-state index contributed by atoms with van der Waals surface area (Å²) in [6, 6.07) is 0.820. The number of hydrogen-bond acceptors (Lipinski definition) is 1. The first-order valence-corrected chi connectivity index (χ1v) is 9.10. The zero-order chi connectivity index (χ0) is 13.8. The first-order chi connectivity index (χ1) is 9.36. The van der Waals surface area contributed by atoms with Gasteiger partial charge in [-0.2, -0.15) is 0 Å². The molecular formula is C18H37N. The lowest BCUT2D eigenvalue weighted by molar-refractivity contribution is 0.251. The minimum atomic E-state index is 0.820. The molecule has 0 aromatic carbocycles. The Bertz CT molecular complexity index is 186. The van der Waals surface area contributed by atoms with E-state index in [2.05, 4.69) is 19.2 Å². The fraction of sp³-hybridized carbons (Fsp3) is 1.00. The van der Waals surface area contributed by atoms with Crippen LogP contribution in [0.2, 0.25) is 0 Å². The summed E-state index contributed by atoms with van der Waals surface area (Å²) in [5.74, 6) is 1.05. The van der Waals surface area contributed by atoms with Crippen LogP contribution in [0.4, 0.5) is 0 Å². The van der Waals surface area contributed by atoms with E-state index in [4.69, 9.17) is 0 Å². The Morgan fingerprint density at radius 1 is 0.895 bits per heavy atom. The van der Waals surface area contributed by atoms with Crippen LogP contribution in [0.1, 0.15) is 97.3 Å². The van der Waals surface area contributed by atoms with Gasteiger partial charge in [-0.25, -0.2) is 0 Å². The van der Waals surface area contributed by atoms with Gasteiger partial charge in [0.1, 0.15) is 0 Å². The fourth-order valence-electron chi connectivity index (χ4n) is 3.13. The van der Waals surface area contributed by atoms with Crippen molar-refractivity contribution in [3.05, 3.63) is 0 Å². The summed E-state index contributed by atoms with van der Waals surface area (Å²) < 4.78 is 0. The van der Waals surface area contributed by atoms with Crippen LogP contribution >= 0.6 is 0 Å². The molecule has 1 nitrogen and oxygen atoms in total. The highest BCUT2D eigenvalue weighted by Gasteiger charge is 2.21. The SMILES string of the molecule is CCCCCCCCCC(CC1CCC1)NCCC. The summed E-state index contributed by atoms with van der Waals surface area (Å²) >= 11 is 0. The number of hydrogen-bond donors (Lipinski definition) is 1. The van der Waals surface area contributed by atoms with E-state index in [1.165, 1.54) is 90.0 Å². The van der Waals surface area contributed by atoms with E-state index in [0.717, 1.165) is 12.0 Å². The molecule has 1 heteroatoms. The predicted molar refractivity (Wildman–Crippen MR) is 86.6 cm³/mol. The van der Waals surface area contributed by atoms with Gasteiger partial charge in [-0.05, 0) is 31.7 Å². The van der Waals surface area contributed by atoms with Gasteiger partial charge < -0.3 is 5.32 Å². The van der Waals surface area contributed by atoms with Gasteiger partial charge >= 0.3 is 0 Å². The van der Waals surface area contributed by atoms with Gasteiger partial charge in [0.05, 0.1) is 0 Å². The predicted octanol–water partition coefficient (Wildman–Crippen LogP) is 5.69. The smallest absolute Gasteiger partial charge is 0.00696 e. The quantitative estimate of drug-likeness (QED) is 0.423. The Balaban J connectivity index is 1.99. The third-order valence-corrected chi connectivity index (χ3v) is 4.68. The van der Waals surface area contributed by atoms with Crippen molar-refractivity contribution < 1.29 is 0 Å². The molecule has 1 aliphatic carbocycles. The van der Waals surface area contributed by atoms with Crippen LogP contribution in [0.5, 0.6) is 0 Å². The van der Waals surface area contributed by atoms with Crippen molar-refractivity contribution in [3.63, 3.8) is 0 Å². The molecule has 1 aliphatic rings. The number of rotatable bonds is 13. The molecule has 0 bridgehead atoms. The molecule has 1 unspecified atom stereocenters. The van der Waals surface area contributed by atoms with E-state index in [-0.39, 0.29) is 0 Å². The standard InChI is InChI=1S/C18H37N/c1-3-5-6-7-8-9-10-14-18(19-15-4-2)16-17-12-11-13-17/h17-19H,3-16H2,1-2H3. The van der Waals surface area contributed by atoms with Gasteiger partial charge in [0.25, 0.3) is 0 Å². The largest absolute Gasteiger partial charge is 0.314 e. The average molecular weight is 268 g/mol. The highest BCUT2D eigenvalue weighted by Crippen LogP contribution is 2.31. The molecule has 1 rings (SSSR count). The fourth-order valence-corrected chi connectivity index (χ4v) is 3.13. The van der Waals surface area contributed by atoms with Gasteiger partial charge in [0, 0.05) is 6.04 Å². The second-order valence-electron chi connectivity index (χ2n) is 6.59. The van der Waals surface area contributed by atoms with Crippen LogP contribution in [0, 0.1) is 5.92 Å². The molecule has 1 saturated carbocycles. The maximum Gasteiger partial charge on any atom is 0.00696 e. The summed E-state index contributed by atoms with van der Waals surface area (Å²) in [7, 11) is 0. The lowest BCUT2D eigenvalue weighted by atomic mass is 9.80. The number of nitrogens with one attached hydrogen (secondary N) is 1. The molecular weight excluding hydrogens is 230 g/mol. The maximum atomic E-state index is 3.78. The monoisotopic (exact) mass is 267 g/mol. The van der Waals surface area contributed by atoms with Crippen molar-refractivity contribution in [1.29, 1.82) is 0 Å². The number of unbranched alkanes of at least 4 members (excludes halogenated alkanes) is 6. The van der Waals surface area contributed by atoms with Crippen LogP contribution in [-0.4, -0.2) is 12.6 Å². The normalized spacial score (nSPS) is 17.4. The molecule has 0 spiro atoms. The third kappa shape index (κ3) is 8.68. The van der Waals surface area contributed by atoms with Crippen molar-refractivity contribution in [1.82, 2.24) is 5.32 Å². The van der Waals surface area contributed by atoms with Gasteiger partial charge in [-0.15, -0.1) is 0 Å². The minimum absolute atomic E-state index is 0.820. The zero-order valence-corrected chi connectivity index (χ0v) is 13.6. The molecule has 114 valence electrons. The van der Waals surface area contributed by atoms with Crippen LogP contribution in [-0.2, 0) is 0 Å². The topological polar surface area (TPSA) is 12.0 Å². The molecule has 0 heterocycles. The molecule has 0 saturated heterocycles. The van der Waals surface area contributed by atoms with E-state index >= 15 is 0 Å². The first kappa shape index (κ1) is 17.0. The Morgan fingerprint density at radius 2 is 1.58 bits per heavy atom. The van der Waals surface area contributed by atoms with Crippen LogP contribution < -0.4 is 5.32 Å². The summed E-state index contributed by atoms with van der Waals surface area (Å²) in [5, 5.41) is 3.78. The van der Waals surface area contributed by atoms with E-state index in [1.54, 1.807) is 0 Å². The van der Waals surface area contributed by atoms with Crippen molar-refractivity contribution in [2.45, 2.75) is 103 Å². The lowest BCUT2D eigenvalue weighted by Gasteiger charge is -2.30. The highest BCUT2D eigenvalue weighted by atomic mass is 14.9. The Morgan fingerprint density at radius 3 is 2.16 bits per heavy atom. The maximum absolute atomic E-state index is 3.78. The molecule has 0 radical (unpaired) electrons. The molecule has 1 N–H and O–H groups in total. The third-order valence-electron chi connectivity index (χ3n) is 4.68. The summed E-state index contributed by atoms with van der Waals surface area (Å²) in [6.45, 7) is 5.79. The highest BCUT2D eigenvalue weighted by molar-refractivity contribution is 4.77. The van der Waals surface area contributed by atoms with Gasteiger partial charge in [0.15, 0.2) is 0 Å². The van der Waals surface area contributed by atoms with Crippen LogP contribution in [0.3, 0.4) is 0 Å². The Hall–Kier alpha value is -0.0400. The van der Waals surface area contributed by atoms with Crippen molar-refractivity contribution in [2.75, 3.05) is 6.54 Å². The van der Waals surface area contributed by atoms with Crippen molar-refractivity contribution >= 4 is 0 Å². The Labute approximate surface area is 121 Å². The Kier molecular flexibility index (Phi) is 10.5. The second-order valence-corrected chi connectivity index (χ2v) is 6.59. The van der Waals surface area contributed by atoms with E-state index in [1.807, 2.05) is 0 Å². The average Bonchev–Trinajstić information content (AvgIpc) is 2.37. The minimum Gasteiger partial charge on any atom is -0.314 e. The molecule has 19 heavy (non-hydrogen) atoms. The second kappa shape index (κ2) is 11.8. The molecule has 0 amide bonds. The van der Waals surface area contributed by atoms with E-state index in [0.29, 0.717) is 0 Å². The van der Waals surface area contributed by atoms with E-state index < -0.39 is 0 Å². The lowest BCUT2D eigenvalue weighted by Crippen LogP contribution is -2.33.